The van der Waals surface area contributed by atoms with Gasteiger partial charge in [-0.05, 0) is 59.7 Å². The molecule has 2 atom stereocenters. The molecule has 1 aliphatic rings. The van der Waals surface area contributed by atoms with Crippen LogP contribution in [0.2, 0.25) is 0 Å². The van der Waals surface area contributed by atoms with E-state index in [0.717, 1.165) is 77.5 Å². The lowest BCUT2D eigenvalue weighted by Gasteiger charge is -2.33. The van der Waals surface area contributed by atoms with Crippen molar-refractivity contribution in [3.8, 4) is 11.1 Å². The molecule has 0 fully saturated rings. The molecular weight excluding hydrogens is 647 g/mol. The number of nitrogens with zero attached hydrogens (tertiary/aromatic N) is 1. The molecule has 0 spiro atoms. The number of aliphatic imine (C=N–C) groups is 1. The zero-order valence-corrected chi connectivity index (χ0v) is 28.1. The minimum absolute atomic E-state index is 0.266. The van der Waals surface area contributed by atoms with Crippen molar-refractivity contribution in [3.63, 3.8) is 0 Å². The van der Waals surface area contributed by atoms with Crippen molar-refractivity contribution in [2.75, 3.05) is 0 Å². The molecule has 11 rings (SSSR count). The summed E-state index contributed by atoms with van der Waals surface area (Å²) in [5.41, 5.74) is 8.85. The Kier molecular flexibility index (Phi) is 6.26. The molecule has 3 aromatic heterocycles. The van der Waals surface area contributed by atoms with Gasteiger partial charge in [-0.2, -0.15) is 0 Å². The predicted molar refractivity (Wildman–Crippen MR) is 210 cm³/mol. The van der Waals surface area contributed by atoms with Crippen molar-refractivity contribution in [2.24, 2.45) is 4.99 Å². The van der Waals surface area contributed by atoms with Crippen LogP contribution in [0.3, 0.4) is 0 Å². The van der Waals surface area contributed by atoms with Gasteiger partial charge in [-0.15, -0.1) is 11.3 Å². The second kappa shape index (κ2) is 11.2. The average molecular weight is 676 g/mol. The van der Waals surface area contributed by atoms with E-state index in [1.807, 2.05) is 47.7 Å². The summed E-state index contributed by atoms with van der Waals surface area (Å²) in [7, 11) is 0. The van der Waals surface area contributed by atoms with Gasteiger partial charge in [0, 0.05) is 58.4 Å². The number of nitrogens with one attached hydrogen (secondary N) is 2. The van der Waals surface area contributed by atoms with Crippen molar-refractivity contribution >= 4 is 81.2 Å². The molecule has 0 bridgehead atoms. The van der Waals surface area contributed by atoms with Gasteiger partial charge in [0.2, 0.25) is 0 Å². The number of furan rings is 2. The van der Waals surface area contributed by atoms with Crippen molar-refractivity contribution < 1.29 is 8.83 Å². The summed E-state index contributed by atoms with van der Waals surface area (Å²) in [6, 6.07) is 53.2. The van der Waals surface area contributed by atoms with Crippen LogP contribution in [0.5, 0.6) is 0 Å². The minimum atomic E-state index is -0.394. The van der Waals surface area contributed by atoms with E-state index in [1.165, 1.54) is 20.2 Å². The molecule has 2 unspecified atom stereocenters. The van der Waals surface area contributed by atoms with Crippen LogP contribution in [-0.2, 0) is 0 Å². The lowest BCUT2D eigenvalue weighted by Crippen LogP contribution is -2.45. The standard InChI is InChI=1S/C45H29N3O2S/c1-2-11-26(12-3-1)43-46-44(32-16-10-19-37-41(32)30-14-4-7-17-35(30)49-37)48-45(47-43)34-24-28(25-38-42(34)31-15-5-8-18-36(31)50-38)27-21-22-40-33(23-27)29-13-6-9-20-39(29)51-40/h1-25,44-45,48H,(H,46,47). The summed E-state index contributed by atoms with van der Waals surface area (Å²) < 4.78 is 15.5. The van der Waals surface area contributed by atoms with E-state index in [1.54, 1.807) is 0 Å². The molecule has 5 nitrogen and oxygen atoms in total. The fourth-order valence-electron chi connectivity index (χ4n) is 7.84. The van der Waals surface area contributed by atoms with Crippen molar-refractivity contribution in [1.82, 2.24) is 10.6 Å². The highest BCUT2D eigenvalue weighted by molar-refractivity contribution is 7.25. The van der Waals surface area contributed by atoms with Crippen LogP contribution in [0.1, 0.15) is 29.0 Å². The van der Waals surface area contributed by atoms with Crippen LogP contribution >= 0.6 is 11.3 Å². The summed E-state index contributed by atoms with van der Waals surface area (Å²) in [6.07, 6.45) is -0.660. The number of hydrogen-bond acceptors (Lipinski definition) is 6. The number of benzene rings is 7. The van der Waals surface area contributed by atoms with Crippen molar-refractivity contribution in [3.05, 3.63) is 168 Å². The van der Waals surface area contributed by atoms with E-state index in [0.29, 0.717) is 0 Å². The largest absolute Gasteiger partial charge is 0.456 e. The smallest absolute Gasteiger partial charge is 0.136 e. The van der Waals surface area contributed by atoms with Crippen molar-refractivity contribution in [2.45, 2.75) is 12.3 Å². The van der Waals surface area contributed by atoms with Gasteiger partial charge in [0.1, 0.15) is 40.5 Å². The zero-order chi connectivity index (χ0) is 33.5. The summed E-state index contributed by atoms with van der Waals surface area (Å²) in [6.45, 7) is 0. The quantitative estimate of drug-likeness (QED) is 0.195. The van der Waals surface area contributed by atoms with Gasteiger partial charge in [-0.3, -0.25) is 5.32 Å². The predicted octanol–water partition coefficient (Wildman–Crippen LogP) is 11.9. The van der Waals surface area contributed by atoms with Gasteiger partial charge in [0.25, 0.3) is 0 Å². The van der Waals surface area contributed by atoms with E-state index in [4.69, 9.17) is 13.8 Å². The van der Waals surface area contributed by atoms with Gasteiger partial charge in [-0.1, -0.05) is 103 Å². The molecule has 6 heteroatoms. The van der Waals surface area contributed by atoms with Crippen LogP contribution in [0.4, 0.5) is 0 Å². The van der Waals surface area contributed by atoms with E-state index >= 15 is 0 Å². The zero-order valence-electron chi connectivity index (χ0n) is 27.3. The maximum Gasteiger partial charge on any atom is 0.136 e. The number of thiophene rings is 1. The number of hydrogen-bond donors (Lipinski definition) is 2. The van der Waals surface area contributed by atoms with Crippen LogP contribution in [0.15, 0.2) is 165 Å². The average Bonchev–Trinajstić information content (AvgIpc) is 3.88. The van der Waals surface area contributed by atoms with Crippen LogP contribution < -0.4 is 10.6 Å². The van der Waals surface area contributed by atoms with E-state index in [-0.39, 0.29) is 6.17 Å². The number of para-hydroxylation sites is 2. The summed E-state index contributed by atoms with van der Waals surface area (Å²) in [5, 5.41) is 14.6. The molecule has 2 N–H and O–H groups in total. The van der Waals surface area contributed by atoms with Gasteiger partial charge in [-0.25, -0.2) is 4.99 Å². The third-order valence-electron chi connectivity index (χ3n) is 10.2. The van der Waals surface area contributed by atoms with Crippen LogP contribution in [-0.4, -0.2) is 5.84 Å². The van der Waals surface area contributed by atoms with Crippen molar-refractivity contribution in [1.29, 1.82) is 0 Å². The summed E-state index contributed by atoms with van der Waals surface area (Å²) in [4.78, 5) is 5.41. The highest BCUT2D eigenvalue weighted by Crippen LogP contribution is 2.42. The molecule has 0 radical (unpaired) electrons. The fraction of sp³-hybridized carbons (Fsp3) is 0.0444. The third kappa shape index (κ3) is 4.54. The Hall–Kier alpha value is -6.21. The molecule has 7 aromatic carbocycles. The fourth-order valence-corrected chi connectivity index (χ4v) is 8.92. The maximum atomic E-state index is 6.60. The Balaban J connectivity index is 1.14. The second-order valence-electron chi connectivity index (χ2n) is 13.2. The first-order chi connectivity index (χ1) is 25.2. The Bertz CT molecular complexity index is 3010. The Morgan fingerprint density at radius 1 is 0.471 bits per heavy atom. The number of amidine groups is 1. The molecular formula is C45H29N3O2S. The Morgan fingerprint density at radius 3 is 1.96 bits per heavy atom. The molecule has 4 heterocycles. The van der Waals surface area contributed by atoms with E-state index in [9.17, 15) is 0 Å². The molecule has 0 saturated carbocycles. The van der Waals surface area contributed by atoms with Gasteiger partial charge in [0.15, 0.2) is 0 Å². The molecule has 242 valence electrons. The molecule has 1 aliphatic heterocycles. The monoisotopic (exact) mass is 675 g/mol. The van der Waals surface area contributed by atoms with Crippen LogP contribution in [0, 0.1) is 0 Å². The van der Waals surface area contributed by atoms with Gasteiger partial charge in [0.05, 0.1) is 0 Å². The normalized spacial score (nSPS) is 16.4. The molecule has 0 aliphatic carbocycles. The van der Waals surface area contributed by atoms with Gasteiger partial charge >= 0.3 is 0 Å². The Morgan fingerprint density at radius 2 is 1.14 bits per heavy atom. The topological polar surface area (TPSA) is 62.7 Å². The first kappa shape index (κ1) is 28.6. The lowest BCUT2D eigenvalue weighted by atomic mass is 9.95. The lowest BCUT2D eigenvalue weighted by molar-refractivity contribution is 0.412. The summed E-state index contributed by atoms with van der Waals surface area (Å²) >= 11 is 1.84. The highest BCUT2D eigenvalue weighted by Gasteiger charge is 2.30. The molecule has 0 amide bonds. The highest BCUT2D eigenvalue weighted by atomic mass is 32.1. The first-order valence-electron chi connectivity index (χ1n) is 17.2. The van der Waals surface area contributed by atoms with Crippen LogP contribution in [0.25, 0.3) is 75.2 Å². The SMILES string of the molecule is c1ccc(C2=NC(c3cc(-c4ccc5sc6ccccc6c5c4)cc4oc5ccccc5c34)NC(c3cccc4oc5ccccc5c34)N2)cc1. The van der Waals surface area contributed by atoms with E-state index in [2.05, 4.69) is 126 Å². The molecule has 51 heavy (non-hydrogen) atoms. The minimum Gasteiger partial charge on any atom is -0.456 e. The summed E-state index contributed by atoms with van der Waals surface area (Å²) in [5.74, 6) is 0.826. The molecule has 0 saturated heterocycles. The second-order valence-corrected chi connectivity index (χ2v) is 14.2. The van der Waals surface area contributed by atoms with E-state index < -0.39 is 6.17 Å². The van der Waals surface area contributed by atoms with Gasteiger partial charge < -0.3 is 14.2 Å². The number of fused-ring (bicyclic) bond motifs is 9. The number of rotatable bonds is 4. The first-order valence-corrected chi connectivity index (χ1v) is 18.0. The maximum absolute atomic E-state index is 6.60. The molecule has 10 aromatic rings. The third-order valence-corrected chi connectivity index (χ3v) is 11.3. The Labute approximate surface area is 296 Å².